The zero-order chi connectivity index (χ0) is 21.5. The summed E-state index contributed by atoms with van der Waals surface area (Å²) in [6.07, 6.45) is 11.7. The summed E-state index contributed by atoms with van der Waals surface area (Å²) in [5.41, 5.74) is 6.25. The Morgan fingerprint density at radius 1 is 0.967 bits per heavy atom. The smallest absolute Gasteiger partial charge is 0.126 e. The van der Waals surface area contributed by atoms with E-state index in [9.17, 15) is 4.39 Å². The van der Waals surface area contributed by atoms with Crippen LogP contribution in [0.1, 0.15) is 73.8 Å². The van der Waals surface area contributed by atoms with E-state index >= 15 is 0 Å². The van der Waals surface area contributed by atoms with E-state index in [1.165, 1.54) is 43.2 Å². The van der Waals surface area contributed by atoms with E-state index in [0.29, 0.717) is 6.42 Å². The van der Waals surface area contributed by atoms with Gasteiger partial charge < -0.3 is 0 Å². The van der Waals surface area contributed by atoms with Crippen LogP contribution < -0.4 is 0 Å². The van der Waals surface area contributed by atoms with Gasteiger partial charge in [0.15, 0.2) is 0 Å². The zero-order valence-corrected chi connectivity index (χ0v) is 18.7. The van der Waals surface area contributed by atoms with Gasteiger partial charge in [-0.05, 0) is 77.8 Å². The fraction of sp³-hybridized carbons (Fsp3) is 0.393. The Balaban J connectivity index is 1.91. The van der Waals surface area contributed by atoms with Gasteiger partial charge in [-0.3, -0.25) is 4.98 Å². The average Bonchev–Trinajstić information content (AvgIpc) is 2.73. The van der Waals surface area contributed by atoms with Crippen LogP contribution in [0.3, 0.4) is 0 Å². The molecular formula is C28H34FN. The van der Waals surface area contributed by atoms with Crippen LogP contribution in [0, 0.1) is 18.7 Å². The standard InChI is InChI=1S/C28H34FN/c1-5-8-21(9-6-2)11-13-23-19-28-26(18-22(23)7-3)24(14-15-30-28)17-25-12-10-20(4)16-27(25)29/h7,10,12,14-16,18-19,21H,3,5-6,8-9,11,13,17H2,1-2,4H3. The van der Waals surface area contributed by atoms with Crippen molar-refractivity contribution < 1.29 is 4.39 Å². The van der Waals surface area contributed by atoms with Crippen molar-refractivity contribution in [1.29, 1.82) is 0 Å². The molecule has 3 rings (SSSR count). The van der Waals surface area contributed by atoms with Crippen molar-refractivity contribution in [3.63, 3.8) is 0 Å². The highest BCUT2D eigenvalue weighted by molar-refractivity contribution is 5.86. The summed E-state index contributed by atoms with van der Waals surface area (Å²) in [7, 11) is 0. The Hall–Kier alpha value is -2.48. The third-order valence-corrected chi connectivity index (χ3v) is 6.12. The highest BCUT2D eigenvalue weighted by Gasteiger charge is 2.12. The van der Waals surface area contributed by atoms with E-state index in [-0.39, 0.29) is 5.82 Å². The molecule has 0 bridgehead atoms. The minimum Gasteiger partial charge on any atom is -0.256 e. The van der Waals surface area contributed by atoms with Gasteiger partial charge in [0.2, 0.25) is 0 Å². The van der Waals surface area contributed by atoms with E-state index < -0.39 is 0 Å². The van der Waals surface area contributed by atoms with Crippen LogP contribution in [0.5, 0.6) is 0 Å². The van der Waals surface area contributed by atoms with Crippen molar-refractivity contribution >= 4 is 17.0 Å². The minimum atomic E-state index is -0.140. The number of hydrogen-bond donors (Lipinski definition) is 0. The lowest BCUT2D eigenvalue weighted by molar-refractivity contribution is 0.411. The van der Waals surface area contributed by atoms with E-state index in [1.807, 2.05) is 37.4 Å². The summed E-state index contributed by atoms with van der Waals surface area (Å²) in [6.45, 7) is 10.5. The average molecular weight is 404 g/mol. The molecule has 0 aliphatic rings. The molecule has 0 saturated carbocycles. The van der Waals surface area contributed by atoms with Crippen LogP contribution in [0.25, 0.3) is 17.0 Å². The highest BCUT2D eigenvalue weighted by atomic mass is 19.1. The molecule has 0 saturated heterocycles. The lowest BCUT2D eigenvalue weighted by atomic mass is 9.89. The number of rotatable bonds is 10. The Bertz CT molecular complexity index is 999. The number of aryl methyl sites for hydroxylation is 2. The van der Waals surface area contributed by atoms with Crippen molar-refractivity contribution in [2.45, 2.75) is 65.7 Å². The van der Waals surface area contributed by atoms with Crippen LogP contribution in [0.15, 0.2) is 49.2 Å². The summed E-state index contributed by atoms with van der Waals surface area (Å²) >= 11 is 0. The van der Waals surface area contributed by atoms with Crippen molar-refractivity contribution in [3.05, 3.63) is 82.8 Å². The summed E-state index contributed by atoms with van der Waals surface area (Å²) in [4.78, 5) is 4.63. The van der Waals surface area contributed by atoms with Gasteiger partial charge in [-0.2, -0.15) is 0 Å². The summed E-state index contributed by atoms with van der Waals surface area (Å²) in [5, 5.41) is 1.09. The second-order valence-corrected chi connectivity index (χ2v) is 8.50. The normalized spacial score (nSPS) is 11.4. The maximum absolute atomic E-state index is 14.4. The first-order valence-electron chi connectivity index (χ1n) is 11.3. The minimum absolute atomic E-state index is 0.140. The summed E-state index contributed by atoms with van der Waals surface area (Å²) in [6, 6.07) is 11.9. The molecule has 0 aliphatic heterocycles. The number of hydrogen-bond acceptors (Lipinski definition) is 1. The quantitative estimate of drug-likeness (QED) is 0.333. The molecule has 0 N–H and O–H groups in total. The Kier molecular flexibility index (Phi) is 7.79. The first-order chi connectivity index (χ1) is 14.5. The van der Waals surface area contributed by atoms with Crippen LogP contribution in [0.2, 0.25) is 0 Å². The first-order valence-corrected chi connectivity index (χ1v) is 11.3. The van der Waals surface area contributed by atoms with Gasteiger partial charge in [0.25, 0.3) is 0 Å². The molecule has 1 aromatic heterocycles. The van der Waals surface area contributed by atoms with Crippen LogP contribution >= 0.6 is 0 Å². The number of aromatic nitrogens is 1. The van der Waals surface area contributed by atoms with Gasteiger partial charge in [0.05, 0.1) is 5.52 Å². The molecule has 158 valence electrons. The van der Waals surface area contributed by atoms with Crippen molar-refractivity contribution in [3.8, 4) is 0 Å². The Labute approximate surface area is 181 Å². The fourth-order valence-electron chi connectivity index (χ4n) is 4.48. The topological polar surface area (TPSA) is 12.9 Å². The Morgan fingerprint density at radius 2 is 1.73 bits per heavy atom. The molecule has 1 nitrogen and oxygen atoms in total. The number of fused-ring (bicyclic) bond motifs is 1. The predicted octanol–water partition coefficient (Wildman–Crippen LogP) is 8.07. The number of benzene rings is 2. The van der Waals surface area contributed by atoms with Gasteiger partial charge in [-0.25, -0.2) is 4.39 Å². The second-order valence-electron chi connectivity index (χ2n) is 8.50. The second kappa shape index (κ2) is 10.5. The van der Waals surface area contributed by atoms with Gasteiger partial charge >= 0.3 is 0 Å². The molecule has 0 unspecified atom stereocenters. The van der Waals surface area contributed by atoms with E-state index in [0.717, 1.165) is 39.9 Å². The number of halogens is 1. The lowest BCUT2D eigenvalue weighted by Crippen LogP contribution is -2.03. The summed E-state index contributed by atoms with van der Waals surface area (Å²) in [5.74, 6) is 0.649. The maximum Gasteiger partial charge on any atom is 0.126 e. The lowest BCUT2D eigenvalue weighted by Gasteiger charge is -2.17. The molecule has 0 radical (unpaired) electrons. The molecule has 0 atom stereocenters. The van der Waals surface area contributed by atoms with Crippen LogP contribution in [-0.2, 0) is 12.8 Å². The van der Waals surface area contributed by atoms with Crippen LogP contribution in [0.4, 0.5) is 4.39 Å². The molecule has 2 aromatic carbocycles. The van der Waals surface area contributed by atoms with Crippen molar-refractivity contribution in [1.82, 2.24) is 4.98 Å². The molecule has 1 heterocycles. The van der Waals surface area contributed by atoms with Gasteiger partial charge in [-0.1, -0.05) is 64.3 Å². The largest absolute Gasteiger partial charge is 0.256 e. The molecular weight excluding hydrogens is 369 g/mol. The monoisotopic (exact) mass is 403 g/mol. The fourth-order valence-corrected chi connectivity index (χ4v) is 4.48. The zero-order valence-electron chi connectivity index (χ0n) is 18.7. The van der Waals surface area contributed by atoms with E-state index in [1.54, 1.807) is 6.07 Å². The van der Waals surface area contributed by atoms with Crippen molar-refractivity contribution in [2.24, 2.45) is 5.92 Å². The third-order valence-electron chi connectivity index (χ3n) is 6.12. The molecule has 3 aromatic rings. The SMILES string of the molecule is C=Cc1cc2c(Cc3ccc(C)cc3F)ccnc2cc1CCC(CCC)CCC. The van der Waals surface area contributed by atoms with Gasteiger partial charge in [-0.15, -0.1) is 0 Å². The molecule has 0 aliphatic carbocycles. The number of pyridine rings is 1. The van der Waals surface area contributed by atoms with Gasteiger partial charge in [0, 0.05) is 18.0 Å². The molecule has 0 amide bonds. The molecule has 0 spiro atoms. The van der Waals surface area contributed by atoms with Gasteiger partial charge in [0.1, 0.15) is 5.82 Å². The summed E-state index contributed by atoms with van der Waals surface area (Å²) < 4.78 is 14.4. The maximum atomic E-state index is 14.4. The van der Waals surface area contributed by atoms with E-state index in [2.05, 4.69) is 37.5 Å². The Morgan fingerprint density at radius 3 is 2.40 bits per heavy atom. The molecule has 0 fully saturated rings. The molecule has 2 heteroatoms. The first kappa shape index (κ1) is 22.2. The number of nitrogens with zero attached hydrogens (tertiary/aromatic N) is 1. The van der Waals surface area contributed by atoms with E-state index in [4.69, 9.17) is 0 Å². The highest BCUT2D eigenvalue weighted by Crippen LogP contribution is 2.28. The van der Waals surface area contributed by atoms with Crippen LogP contribution in [-0.4, -0.2) is 4.98 Å². The molecule has 30 heavy (non-hydrogen) atoms. The van der Waals surface area contributed by atoms with Crippen molar-refractivity contribution in [2.75, 3.05) is 0 Å². The third kappa shape index (κ3) is 5.36. The predicted molar refractivity (Wildman–Crippen MR) is 127 cm³/mol.